The van der Waals surface area contributed by atoms with Crippen LogP contribution in [0.15, 0.2) is 75.5 Å². The maximum Gasteiger partial charge on any atom is 0.341 e. The second-order valence-corrected chi connectivity index (χ2v) is 13.6. The predicted molar refractivity (Wildman–Crippen MR) is 157 cm³/mol. The van der Waals surface area contributed by atoms with E-state index in [0.717, 1.165) is 47.4 Å². The molecule has 1 aliphatic heterocycles. The van der Waals surface area contributed by atoms with Crippen molar-refractivity contribution in [3.05, 3.63) is 86.7 Å². The van der Waals surface area contributed by atoms with Gasteiger partial charge in [0.2, 0.25) is 0 Å². The van der Waals surface area contributed by atoms with Crippen molar-refractivity contribution in [2.75, 3.05) is 13.2 Å². The number of aliphatic carboxylic acids is 1. The molecule has 0 aromatic heterocycles. The molecule has 0 spiro atoms. The van der Waals surface area contributed by atoms with Gasteiger partial charge in [-0.1, -0.05) is 64.1 Å². The molecule has 1 N–H and O–H groups in total. The molecule has 0 amide bonds. The summed E-state index contributed by atoms with van der Waals surface area (Å²) in [6.07, 6.45) is 3.18. The van der Waals surface area contributed by atoms with Crippen LogP contribution in [0.1, 0.15) is 70.4 Å². The van der Waals surface area contributed by atoms with E-state index in [-0.39, 0.29) is 22.4 Å². The molecule has 0 saturated heterocycles. The number of carbonyl (C=O) groups is 3. The Kier molecular flexibility index (Phi) is 7.55. The van der Waals surface area contributed by atoms with E-state index in [4.69, 9.17) is 9.84 Å². The van der Waals surface area contributed by atoms with Crippen LogP contribution >= 0.6 is 15.9 Å². The van der Waals surface area contributed by atoms with Crippen molar-refractivity contribution in [3.8, 4) is 5.75 Å². The highest BCUT2D eigenvalue weighted by molar-refractivity contribution is 9.10. The third kappa shape index (κ3) is 5.67. The minimum Gasteiger partial charge on any atom is -0.481 e. The number of hydrogen-bond acceptors (Lipinski definition) is 5. The van der Waals surface area contributed by atoms with Crippen LogP contribution in [0.3, 0.4) is 0 Å². The predicted octanol–water partition coefficient (Wildman–Crippen LogP) is 6.84. The van der Waals surface area contributed by atoms with Crippen molar-refractivity contribution in [2.24, 2.45) is 10.8 Å². The first-order valence-corrected chi connectivity index (χ1v) is 14.6. The second-order valence-electron chi connectivity index (χ2n) is 12.8. The molecular formula is C33H36BrNO5. The zero-order chi connectivity index (χ0) is 28.8. The number of carbonyl (C=O) groups excluding carboxylic acids is 2. The fourth-order valence-corrected chi connectivity index (χ4v) is 7.00. The Morgan fingerprint density at radius 3 is 2.02 bits per heavy atom. The minimum atomic E-state index is -1.06. The number of carboxylic acids is 1. The zero-order valence-electron chi connectivity index (χ0n) is 23.6. The Morgan fingerprint density at radius 1 is 0.925 bits per heavy atom. The van der Waals surface area contributed by atoms with E-state index < -0.39 is 18.5 Å². The Balaban J connectivity index is 1.66. The van der Waals surface area contributed by atoms with Gasteiger partial charge >= 0.3 is 5.97 Å². The summed E-state index contributed by atoms with van der Waals surface area (Å²) in [4.78, 5) is 41.3. The molecule has 0 fully saturated rings. The van der Waals surface area contributed by atoms with Crippen molar-refractivity contribution < 1.29 is 24.2 Å². The molecule has 5 rings (SSSR count). The van der Waals surface area contributed by atoms with Crippen molar-refractivity contribution in [2.45, 2.75) is 65.7 Å². The van der Waals surface area contributed by atoms with Gasteiger partial charge in [0, 0.05) is 47.8 Å². The van der Waals surface area contributed by atoms with Crippen molar-refractivity contribution in [3.63, 3.8) is 0 Å². The monoisotopic (exact) mass is 605 g/mol. The average Bonchev–Trinajstić information content (AvgIpc) is 2.85. The maximum absolute atomic E-state index is 14.0. The fraction of sp³-hybridized carbons (Fsp3) is 0.424. The lowest BCUT2D eigenvalue weighted by molar-refractivity contribution is -0.139. The van der Waals surface area contributed by atoms with Crippen LogP contribution in [0.4, 0.5) is 0 Å². The van der Waals surface area contributed by atoms with E-state index >= 15 is 0 Å². The number of ether oxygens (including phenoxy) is 1. The number of halogens is 1. The molecule has 7 heteroatoms. The highest BCUT2D eigenvalue weighted by Crippen LogP contribution is 2.54. The normalized spacial score (nSPS) is 20.4. The minimum absolute atomic E-state index is 0.0903. The quantitative estimate of drug-likeness (QED) is 0.372. The Bertz CT molecular complexity index is 1380. The number of Topliss-reactive ketones (excluding diaryl/α,β-unsaturated/α-hetero) is 2. The molecule has 1 heterocycles. The van der Waals surface area contributed by atoms with E-state index in [2.05, 4.69) is 60.7 Å². The lowest BCUT2D eigenvalue weighted by atomic mass is 9.63. The Morgan fingerprint density at radius 2 is 1.50 bits per heavy atom. The maximum atomic E-state index is 14.0. The number of ketones is 2. The van der Waals surface area contributed by atoms with Gasteiger partial charge in [-0.25, -0.2) is 4.79 Å². The first kappa shape index (κ1) is 28.3. The van der Waals surface area contributed by atoms with Crippen LogP contribution < -0.4 is 4.74 Å². The SMILES string of the molecule is CC1(C)CC(=O)C2=C(C1)N(CCc1ccccc1)C1=C(C(=O)CC(C)(C)C1)C2c1ccc(OCC(=O)O)c(Br)c1. The molecule has 40 heavy (non-hydrogen) atoms. The van der Waals surface area contributed by atoms with Gasteiger partial charge < -0.3 is 14.7 Å². The van der Waals surface area contributed by atoms with Crippen LogP contribution in [0.25, 0.3) is 0 Å². The van der Waals surface area contributed by atoms with Crippen LogP contribution in [-0.4, -0.2) is 40.7 Å². The summed E-state index contributed by atoms with van der Waals surface area (Å²) < 4.78 is 6.02. The van der Waals surface area contributed by atoms with Crippen LogP contribution in [0.5, 0.6) is 5.75 Å². The van der Waals surface area contributed by atoms with E-state index in [0.29, 0.717) is 29.6 Å². The zero-order valence-corrected chi connectivity index (χ0v) is 25.1. The first-order valence-electron chi connectivity index (χ1n) is 13.8. The van der Waals surface area contributed by atoms with Gasteiger partial charge in [0.15, 0.2) is 18.2 Å². The molecule has 2 aliphatic carbocycles. The number of benzene rings is 2. The molecule has 210 valence electrons. The van der Waals surface area contributed by atoms with Crippen molar-refractivity contribution in [1.82, 2.24) is 4.90 Å². The summed E-state index contributed by atoms with van der Waals surface area (Å²) in [5, 5.41) is 9.03. The van der Waals surface area contributed by atoms with Crippen molar-refractivity contribution >= 4 is 33.5 Å². The van der Waals surface area contributed by atoms with Crippen molar-refractivity contribution in [1.29, 1.82) is 0 Å². The van der Waals surface area contributed by atoms with E-state index in [1.54, 1.807) is 6.07 Å². The summed E-state index contributed by atoms with van der Waals surface area (Å²) >= 11 is 3.54. The van der Waals surface area contributed by atoms with Gasteiger partial charge in [-0.15, -0.1) is 0 Å². The molecule has 2 aromatic carbocycles. The number of hydrogen-bond donors (Lipinski definition) is 1. The largest absolute Gasteiger partial charge is 0.481 e. The number of rotatable bonds is 7. The Hall–Kier alpha value is -3.19. The van der Waals surface area contributed by atoms with Gasteiger partial charge in [-0.05, 0) is 69.3 Å². The molecular weight excluding hydrogens is 570 g/mol. The summed E-state index contributed by atoms with van der Waals surface area (Å²) in [5.41, 5.74) is 5.20. The molecule has 6 nitrogen and oxygen atoms in total. The molecule has 0 atom stereocenters. The molecule has 0 unspecified atom stereocenters. The van der Waals surface area contributed by atoms with Crippen LogP contribution in [0.2, 0.25) is 0 Å². The smallest absolute Gasteiger partial charge is 0.341 e. The van der Waals surface area contributed by atoms with E-state index in [1.165, 1.54) is 5.56 Å². The molecule has 0 bridgehead atoms. The topological polar surface area (TPSA) is 83.9 Å². The third-order valence-electron chi connectivity index (χ3n) is 8.13. The lowest BCUT2D eigenvalue weighted by Crippen LogP contribution is -2.45. The molecule has 2 aromatic rings. The number of nitrogens with zero attached hydrogens (tertiary/aromatic N) is 1. The lowest BCUT2D eigenvalue weighted by Gasteiger charge is -2.49. The average molecular weight is 607 g/mol. The van der Waals surface area contributed by atoms with Gasteiger partial charge in [0.25, 0.3) is 0 Å². The van der Waals surface area contributed by atoms with Crippen LogP contribution in [-0.2, 0) is 20.8 Å². The molecule has 3 aliphatic rings. The second kappa shape index (κ2) is 10.7. The highest BCUT2D eigenvalue weighted by Gasteiger charge is 2.48. The van der Waals surface area contributed by atoms with Gasteiger partial charge in [0.1, 0.15) is 5.75 Å². The summed E-state index contributed by atoms with van der Waals surface area (Å²) in [6, 6.07) is 15.8. The summed E-state index contributed by atoms with van der Waals surface area (Å²) in [5.74, 6) is -0.939. The van der Waals surface area contributed by atoms with Gasteiger partial charge in [-0.3, -0.25) is 9.59 Å². The van der Waals surface area contributed by atoms with E-state index in [9.17, 15) is 14.4 Å². The highest BCUT2D eigenvalue weighted by atomic mass is 79.9. The van der Waals surface area contributed by atoms with E-state index in [1.807, 2.05) is 30.3 Å². The molecule has 0 radical (unpaired) electrons. The fourth-order valence-electron chi connectivity index (χ4n) is 6.49. The Labute approximate surface area is 244 Å². The summed E-state index contributed by atoms with van der Waals surface area (Å²) in [7, 11) is 0. The number of carboxylic acid groups (broad SMARTS) is 1. The molecule has 0 saturated carbocycles. The van der Waals surface area contributed by atoms with Gasteiger partial charge in [-0.2, -0.15) is 0 Å². The van der Waals surface area contributed by atoms with Crippen LogP contribution in [0, 0.1) is 10.8 Å². The first-order chi connectivity index (χ1) is 18.8. The number of allylic oxidation sites excluding steroid dienone is 4. The third-order valence-corrected chi connectivity index (χ3v) is 8.75. The van der Waals surface area contributed by atoms with Gasteiger partial charge in [0.05, 0.1) is 4.47 Å². The summed E-state index contributed by atoms with van der Waals surface area (Å²) in [6.45, 7) is 8.82. The standard InChI is InChI=1S/C33H36BrNO5/c1-32(2)15-23-30(25(36)17-32)29(21-10-11-27(22(34)14-21)40-19-28(38)39)31-24(16-33(3,4)18-26(31)37)35(23)13-12-20-8-6-5-7-9-20/h5-11,14,29H,12-13,15-19H2,1-4H3,(H,38,39).